The molecule has 0 aromatic heterocycles. The molecule has 1 amide bonds. The molecule has 0 aliphatic carbocycles. The van der Waals surface area contributed by atoms with E-state index in [0.29, 0.717) is 22.5 Å². The van der Waals surface area contributed by atoms with Crippen molar-refractivity contribution in [1.82, 2.24) is 0 Å². The first-order valence-corrected chi connectivity index (χ1v) is 9.34. The number of nitrogens with zero attached hydrogens (tertiary/aromatic N) is 2. The smallest absolute Gasteiger partial charge is 0.315 e. The van der Waals surface area contributed by atoms with Gasteiger partial charge < -0.3 is 10.4 Å². The molecule has 0 heterocycles. The van der Waals surface area contributed by atoms with E-state index < -0.39 is 16.4 Å². The van der Waals surface area contributed by atoms with Crippen LogP contribution in [0, 0.1) is 24.0 Å². The quantitative estimate of drug-likeness (QED) is 0.317. The molecule has 3 rings (SSSR count). The van der Waals surface area contributed by atoms with E-state index in [-0.39, 0.29) is 22.1 Å². The number of hydrogen-bond donors (Lipinski definition) is 2. The van der Waals surface area contributed by atoms with Gasteiger partial charge in [0, 0.05) is 28.6 Å². The Morgan fingerprint density at radius 3 is 2.50 bits per heavy atom. The van der Waals surface area contributed by atoms with E-state index in [0.717, 1.165) is 0 Å². The summed E-state index contributed by atoms with van der Waals surface area (Å²) in [5, 5.41) is 24.7. The summed E-state index contributed by atoms with van der Waals surface area (Å²) in [6.45, 7) is 3.13. The van der Waals surface area contributed by atoms with Crippen LogP contribution in [-0.2, 0) is 0 Å². The topological polar surface area (TPSA) is 105 Å². The van der Waals surface area contributed by atoms with Crippen molar-refractivity contribution in [2.24, 2.45) is 4.99 Å². The first kappa shape index (κ1) is 21.0. The minimum atomic E-state index is -0.674. The Morgan fingerprint density at radius 2 is 1.83 bits per heavy atom. The van der Waals surface area contributed by atoms with Gasteiger partial charge in [0.1, 0.15) is 0 Å². The molecule has 0 bridgehead atoms. The zero-order valence-electron chi connectivity index (χ0n) is 16.2. The highest BCUT2D eigenvalue weighted by Gasteiger charge is 2.25. The normalized spacial score (nSPS) is 10.9. The van der Waals surface area contributed by atoms with Crippen LogP contribution in [0.25, 0.3) is 0 Å². The zero-order valence-corrected chi connectivity index (χ0v) is 17.0. The number of hydrogen-bond acceptors (Lipinski definition) is 5. The number of carbonyl (C=O) groups excluding carboxylic acids is 1. The third kappa shape index (κ3) is 4.31. The number of nitro groups is 1. The molecule has 0 fully saturated rings. The van der Waals surface area contributed by atoms with Gasteiger partial charge in [0.15, 0.2) is 0 Å². The summed E-state index contributed by atoms with van der Waals surface area (Å²) in [6.07, 6.45) is 1.32. The number of anilines is 1. The van der Waals surface area contributed by atoms with Crippen molar-refractivity contribution in [3.05, 3.63) is 92.0 Å². The van der Waals surface area contributed by atoms with Crippen LogP contribution in [0.4, 0.5) is 17.1 Å². The summed E-state index contributed by atoms with van der Waals surface area (Å²) in [5.41, 5.74) is 1.93. The molecule has 0 aliphatic heterocycles. The molecule has 0 saturated carbocycles. The highest BCUT2D eigenvalue weighted by atomic mass is 35.5. The van der Waals surface area contributed by atoms with Crippen LogP contribution in [0.3, 0.4) is 0 Å². The second-order valence-electron chi connectivity index (χ2n) is 6.56. The fourth-order valence-corrected chi connectivity index (χ4v) is 3.15. The van der Waals surface area contributed by atoms with Crippen LogP contribution < -0.4 is 5.32 Å². The molecule has 0 saturated heterocycles. The number of phenols is 1. The van der Waals surface area contributed by atoms with Gasteiger partial charge in [-0.3, -0.25) is 19.9 Å². The number of benzene rings is 3. The average molecular weight is 424 g/mol. The fraction of sp³-hybridized carbons (Fsp3) is 0.0909. The predicted octanol–water partition coefficient (Wildman–Crippen LogP) is 5.57. The summed E-state index contributed by atoms with van der Waals surface area (Å²) in [4.78, 5) is 27.2. The van der Waals surface area contributed by atoms with Crippen LogP contribution in [0.15, 0.2) is 59.6 Å². The first-order valence-electron chi connectivity index (χ1n) is 8.96. The Kier molecular flexibility index (Phi) is 6.13. The van der Waals surface area contributed by atoms with Gasteiger partial charge in [-0.25, -0.2) is 0 Å². The van der Waals surface area contributed by atoms with Gasteiger partial charge in [-0.05, 0) is 49.7 Å². The van der Waals surface area contributed by atoms with Crippen molar-refractivity contribution in [3.8, 4) is 5.75 Å². The summed E-state index contributed by atoms with van der Waals surface area (Å²) >= 11 is 6.20. The van der Waals surface area contributed by atoms with Crippen LogP contribution in [0.5, 0.6) is 5.75 Å². The number of aromatic hydroxyl groups is 1. The number of phenolic OH excluding ortho intramolecular Hbond substituents is 1. The number of halogens is 1. The lowest BCUT2D eigenvalue weighted by Gasteiger charge is -2.10. The Balaban J connectivity index is 1.90. The molecular formula is C22H18ClN3O4. The van der Waals surface area contributed by atoms with Crippen LogP contribution >= 0.6 is 11.6 Å². The average Bonchev–Trinajstić information content (AvgIpc) is 2.73. The molecule has 152 valence electrons. The van der Waals surface area contributed by atoms with Gasteiger partial charge in [0.25, 0.3) is 5.91 Å². The van der Waals surface area contributed by atoms with E-state index in [4.69, 9.17) is 11.6 Å². The maximum atomic E-state index is 12.3. The van der Waals surface area contributed by atoms with Gasteiger partial charge in [-0.15, -0.1) is 0 Å². The van der Waals surface area contributed by atoms with Crippen molar-refractivity contribution >= 4 is 40.8 Å². The Morgan fingerprint density at radius 1 is 1.13 bits per heavy atom. The van der Waals surface area contributed by atoms with Gasteiger partial charge in [-0.2, -0.15) is 0 Å². The van der Waals surface area contributed by atoms with E-state index in [1.165, 1.54) is 13.1 Å². The van der Waals surface area contributed by atoms with E-state index in [1.54, 1.807) is 55.5 Å². The number of amides is 1. The zero-order chi connectivity index (χ0) is 21.8. The molecule has 0 spiro atoms. The fourth-order valence-electron chi connectivity index (χ4n) is 2.96. The molecular weight excluding hydrogens is 406 g/mol. The lowest BCUT2D eigenvalue weighted by molar-refractivity contribution is -0.386. The van der Waals surface area contributed by atoms with Crippen molar-refractivity contribution in [2.45, 2.75) is 13.8 Å². The maximum absolute atomic E-state index is 12.3. The molecule has 0 unspecified atom stereocenters. The lowest BCUT2D eigenvalue weighted by atomic mass is 10.0. The summed E-state index contributed by atoms with van der Waals surface area (Å²) in [6, 6.07) is 15.6. The third-order valence-electron chi connectivity index (χ3n) is 4.56. The number of aliphatic imine (C=N–C) groups is 1. The molecule has 0 atom stereocenters. The predicted molar refractivity (Wildman–Crippen MR) is 117 cm³/mol. The first-order chi connectivity index (χ1) is 14.3. The van der Waals surface area contributed by atoms with Crippen LogP contribution in [0.2, 0.25) is 5.02 Å². The number of carbonyl (C=O) groups is 1. The molecule has 0 radical (unpaired) electrons. The lowest BCUT2D eigenvalue weighted by Crippen LogP contribution is -2.11. The highest BCUT2D eigenvalue weighted by molar-refractivity contribution is 6.33. The van der Waals surface area contributed by atoms with E-state index in [9.17, 15) is 20.0 Å². The molecule has 3 aromatic carbocycles. The van der Waals surface area contributed by atoms with Crippen LogP contribution in [-0.4, -0.2) is 22.2 Å². The Bertz CT molecular complexity index is 1160. The molecule has 8 heteroatoms. The summed E-state index contributed by atoms with van der Waals surface area (Å²) in [7, 11) is 0. The van der Waals surface area contributed by atoms with E-state index in [1.807, 2.05) is 6.07 Å². The van der Waals surface area contributed by atoms with Gasteiger partial charge >= 0.3 is 5.69 Å². The van der Waals surface area contributed by atoms with Crippen molar-refractivity contribution < 1.29 is 14.8 Å². The second-order valence-corrected chi connectivity index (χ2v) is 6.94. The summed E-state index contributed by atoms with van der Waals surface area (Å²) < 4.78 is 0. The maximum Gasteiger partial charge on any atom is 0.315 e. The number of rotatable bonds is 5. The van der Waals surface area contributed by atoms with E-state index >= 15 is 0 Å². The number of nitro benzene ring substituents is 1. The van der Waals surface area contributed by atoms with Crippen LogP contribution in [0.1, 0.15) is 27.0 Å². The molecule has 0 aliphatic rings. The Hall–Kier alpha value is -3.71. The number of nitrogens with one attached hydrogen (secondary N) is 1. The largest absolute Gasteiger partial charge is 0.502 e. The van der Waals surface area contributed by atoms with Crippen molar-refractivity contribution in [1.29, 1.82) is 0 Å². The molecule has 3 aromatic rings. The van der Waals surface area contributed by atoms with Gasteiger partial charge in [-0.1, -0.05) is 35.9 Å². The minimum absolute atomic E-state index is 0.163. The summed E-state index contributed by atoms with van der Waals surface area (Å²) in [5.74, 6) is -0.747. The van der Waals surface area contributed by atoms with Gasteiger partial charge in [0.05, 0.1) is 15.6 Å². The standard InChI is InChI=1S/C22H18ClN3O4/c1-13-18(21(27)20(26(29)30)14(2)19(13)23)12-24-16-9-6-10-17(11-16)25-22(28)15-7-4-3-5-8-15/h3-12,27H,1-2H3,(H,25,28). The Labute approximate surface area is 177 Å². The highest BCUT2D eigenvalue weighted by Crippen LogP contribution is 2.40. The van der Waals surface area contributed by atoms with Crippen molar-refractivity contribution in [3.63, 3.8) is 0 Å². The third-order valence-corrected chi connectivity index (χ3v) is 5.13. The minimum Gasteiger partial charge on any atom is -0.502 e. The monoisotopic (exact) mass is 423 g/mol. The SMILES string of the molecule is Cc1c(Cl)c(C)c([N+](=O)[O-])c(O)c1C=Nc1cccc(NC(=O)c2ccccc2)c1. The molecule has 2 N–H and O–H groups in total. The molecule has 7 nitrogen and oxygen atoms in total. The van der Waals surface area contributed by atoms with Crippen molar-refractivity contribution in [2.75, 3.05) is 5.32 Å². The molecule has 30 heavy (non-hydrogen) atoms. The van der Waals surface area contributed by atoms with Gasteiger partial charge in [0.2, 0.25) is 5.75 Å². The van der Waals surface area contributed by atoms with E-state index in [2.05, 4.69) is 10.3 Å². The second kappa shape index (κ2) is 8.75.